The Morgan fingerprint density at radius 1 is 1.00 bits per heavy atom. The van der Waals surface area contributed by atoms with Gasteiger partial charge in [-0.3, -0.25) is 4.79 Å². The largest absolute Gasteiger partial charge is 0.481 e. The minimum Gasteiger partial charge on any atom is -0.481 e. The van der Waals surface area contributed by atoms with Crippen molar-refractivity contribution < 1.29 is 9.53 Å². The van der Waals surface area contributed by atoms with Crippen LogP contribution in [0.5, 0.6) is 5.88 Å². The molecule has 0 bridgehead atoms. The zero-order chi connectivity index (χ0) is 16.1. The van der Waals surface area contributed by atoms with E-state index in [2.05, 4.69) is 15.3 Å². The number of amides is 1. The van der Waals surface area contributed by atoms with Gasteiger partial charge in [-0.25, -0.2) is 9.97 Å². The van der Waals surface area contributed by atoms with Crippen LogP contribution in [0.25, 0.3) is 11.1 Å². The second-order valence-corrected chi connectivity index (χ2v) is 4.81. The summed E-state index contributed by atoms with van der Waals surface area (Å²) in [6.07, 6.45) is 1.30. The number of carbonyl (C=O) groups excluding carboxylic acids is 1. The van der Waals surface area contributed by atoms with Crippen LogP contribution in [0.3, 0.4) is 0 Å². The van der Waals surface area contributed by atoms with Crippen molar-refractivity contribution in [3.8, 4) is 17.0 Å². The van der Waals surface area contributed by atoms with Crippen molar-refractivity contribution in [2.75, 3.05) is 12.4 Å². The summed E-state index contributed by atoms with van der Waals surface area (Å²) in [6.45, 7) is 0. The molecule has 1 aromatic heterocycles. The van der Waals surface area contributed by atoms with E-state index in [9.17, 15) is 4.79 Å². The van der Waals surface area contributed by atoms with Gasteiger partial charge in [0.1, 0.15) is 12.0 Å². The van der Waals surface area contributed by atoms with Crippen molar-refractivity contribution in [1.29, 1.82) is 0 Å². The standard InChI is InChI=1S/C18H15N3O2/c1-23-17-11-16(19-12-20-17)18(22)21-15-10-6-5-9-14(15)13-7-3-2-4-8-13/h2-12H,1H3,(H,21,22). The molecule has 0 fully saturated rings. The second-order valence-electron chi connectivity index (χ2n) is 4.81. The molecule has 0 atom stereocenters. The molecular weight excluding hydrogens is 290 g/mol. The fraction of sp³-hybridized carbons (Fsp3) is 0.0556. The van der Waals surface area contributed by atoms with Gasteiger partial charge in [0.15, 0.2) is 0 Å². The number of rotatable bonds is 4. The van der Waals surface area contributed by atoms with Gasteiger partial charge in [-0.2, -0.15) is 0 Å². The van der Waals surface area contributed by atoms with Gasteiger partial charge in [0.05, 0.1) is 7.11 Å². The van der Waals surface area contributed by atoms with Crippen LogP contribution in [0.4, 0.5) is 5.69 Å². The summed E-state index contributed by atoms with van der Waals surface area (Å²) in [6, 6.07) is 19.0. The molecule has 2 aromatic carbocycles. The van der Waals surface area contributed by atoms with Gasteiger partial charge < -0.3 is 10.1 Å². The third kappa shape index (κ3) is 3.35. The number of methoxy groups -OCH3 is 1. The zero-order valence-electron chi connectivity index (χ0n) is 12.6. The van der Waals surface area contributed by atoms with Crippen LogP contribution in [-0.4, -0.2) is 23.0 Å². The molecule has 0 aliphatic rings. The summed E-state index contributed by atoms with van der Waals surface area (Å²) in [5.74, 6) is 0.0376. The van der Waals surface area contributed by atoms with Crippen LogP contribution in [0.2, 0.25) is 0 Å². The molecule has 1 amide bonds. The lowest BCUT2D eigenvalue weighted by atomic mass is 10.0. The van der Waals surface area contributed by atoms with Crippen LogP contribution in [0.15, 0.2) is 67.0 Å². The summed E-state index contributed by atoms with van der Waals surface area (Å²) in [5.41, 5.74) is 2.95. The maximum absolute atomic E-state index is 12.4. The lowest BCUT2D eigenvalue weighted by Crippen LogP contribution is -2.14. The van der Waals surface area contributed by atoms with Gasteiger partial charge >= 0.3 is 0 Å². The molecule has 23 heavy (non-hydrogen) atoms. The minimum absolute atomic E-state index is 0.250. The van der Waals surface area contributed by atoms with Crippen molar-refractivity contribution in [2.24, 2.45) is 0 Å². The molecular formula is C18H15N3O2. The molecule has 0 saturated heterocycles. The molecule has 1 heterocycles. The van der Waals surface area contributed by atoms with Crippen molar-refractivity contribution in [2.45, 2.75) is 0 Å². The second kappa shape index (κ2) is 6.70. The average molecular weight is 305 g/mol. The SMILES string of the molecule is COc1cc(C(=O)Nc2ccccc2-c2ccccc2)ncn1. The lowest BCUT2D eigenvalue weighted by Gasteiger charge is -2.11. The zero-order valence-corrected chi connectivity index (χ0v) is 12.6. The number of ether oxygens (including phenoxy) is 1. The van der Waals surface area contributed by atoms with Crippen LogP contribution in [0, 0.1) is 0 Å². The minimum atomic E-state index is -0.311. The van der Waals surface area contributed by atoms with E-state index in [1.807, 2.05) is 54.6 Å². The van der Waals surface area contributed by atoms with Crippen molar-refractivity contribution in [3.05, 3.63) is 72.7 Å². The molecule has 0 aliphatic heterocycles. The molecule has 5 nitrogen and oxygen atoms in total. The summed E-state index contributed by atoms with van der Waals surface area (Å²) in [5, 5.41) is 2.89. The van der Waals surface area contributed by atoms with E-state index >= 15 is 0 Å². The van der Waals surface area contributed by atoms with E-state index in [0.717, 1.165) is 16.8 Å². The summed E-state index contributed by atoms with van der Waals surface area (Å²) in [4.78, 5) is 20.3. The third-order valence-electron chi connectivity index (χ3n) is 3.34. The van der Waals surface area contributed by atoms with E-state index in [0.29, 0.717) is 5.88 Å². The first kappa shape index (κ1) is 14.7. The highest BCUT2D eigenvalue weighted by molar-refractivity contribution is 6.05. The van der Waals surface area contributed by atoms with E-state index in [1.54, 1.807) is 0 Å². The number of hydrogen-bond donors (Lipinski definition) is 1. The molecule has 0 spiro atoms. The number of para-hydroxylation sites is 1. The fourth-order valence-corrected chi connectivity index (χ4v) is 2.22. The Kier molecular flexibility index (Phi) is 4.29. The summed E-state index contributed by atoms with van der Waals surface area (Å²) >= 11 is 0. The Morgan fingerprint density at radius 3 is 2.52 bits per heavy atom. The number of nitrogens with one attached hydrogen (secondary N) is 1. The Bertz CT molecular complexity index is 819. The van der Waals surface area contributed by atoms with Gasteiger partial charge in [-0.05, 0) is 11.6 Å². The Labute approximate surface area is 134 Å². The maximum atomic E-state index is 12.4. The number of benzene rings is 2. The number of hydrogen-bond acceptors (Lipinski definition) is 4. The highest BCUT2D eigenvalue weighted by atomic mass is 16.5. The monoisotopic (exact) mass is 305 g/mol. The molecule has 0 aliphatic carbocycles. The van der Waals surface area contributed by atoms with Crippen LogP contribution in [0.1, 0.15) is 10.5 Å². The predicted molar refractivity (Wildman–Crippen MR) is 88.4 cm³/mol. The maximum Gasteiger partial charge on any atom is 0.274 e. The van der Waals surface area contributed by atoms with Crippen molar-refractivity contribution in [3.63, 3.8) is 0 Å². The highest BCUT2D eigenvalue weighted by Crippen LogP contribution is 2.27. The van der Waals surface area contributed by atoms with E-state index in [-0.39, 0.29) is 11.6 Å². The first-order valence-electron chi connectivity index (χ1n) is 7.10. The predicted octanol–water partition coefficient (Wildman–Crippen LogP) is 3.40. The van der Waals surface area contributed by atoms with Crippen molar-refractivity contribution >= 4 is 11.6 Å². The van der Waals surface area contributed by atoms with Crippen LogP contribution in [-0.2, 0) is 0 Å². The summed E-state index contributed by atoms with van der Waals surface area (Å²) < 4.78 is 5.02. The topological polar surface area (TPSA) is 64.1 Å². The van der Waals surface area contributed by atoms with Gasteiger partial charge in [0.2, 0.25) is 5.88 Å². The Balaban J connectivity index is 1.90. The van der Waals surface area contributed by atoms with Gasteiger partial charge in [-0.1, -0.05) is 48.5 Å². The molecule has 0 saturated carbocycles. The van der Waals surface area contributed by atoms with Crippen molar-refractivity contribution in [1.82, 2.24) is 9.97 Å². The number of carbonyl (C=O) groups is 1. The normalized spacial score (nSPS) is 10.1. The third-order valence-corrected chi connectivity index (χ3v) is 3.34. The molecule has 5 heteroatoms. The molecule has 3 rings (SSSR count). The molecule has 1 N–H and O–H groups in total. The summed E-state index contributed by atoms with van der Waals surface area (Å²) in [7, 11) is 1.49. The van der Waals surface area contributed by atoms with Gasteiger partial charge in [0, 0.05) is 17.3 Å². The lowest BCUT2D eigenvalue weighted by molar-refractivity contribution is 0.102. The number of aromatic nitrogens is 2. The highest BCUT2D eigenvalue weighted by Gasteiger charge is 2.12. The van der Waals surface area contributed by atoms with E-state index in [4.69, 9.17) is 4.74 Å². The molecule has 0 unspecified atom stereocenters. The fourth-order valence-electron chi connectivity index (χ4n) is 2.22. The van der Waals surface area contributed by atoms with Gasteiger partial charge in [0.25, 0.3) is 5.91 Å². The first-order chi connectivity index (χ1) is 11.3. The number of anilines is 1. The van der Waals surface area contributed by atoms with Crippen LogP contribution < -0.4 is 10.1 Å². The Hall–Kier alpha value is -3.21. The quantitative estimate of drug-likeness (QED) is 0.802. The van der Waals surface area contributed by atoms with E-state index < -0.39 is 0 Å². The average Bonchev–Trinajstić information content (AvgIpc) is 2.63. The van der Waals surface area contributed by atoms with Gasteiger partial charge in [-0.15, -0.1) is 0 Å². The molecule has 0 radical (unpaired) electrons. The smallest absolute Gasteiger partial charge is 0.274 e. The van der Waals surface area contributed by atoms with Crippen LogP contribution >= 0.6 is 0 Å². The molecule has 114 valence electrons. The Morgan fingerprint density at radius 2 is 1.74 bits per heavy atom. The first-order valence-corrected chi connectivity index (χ1v) is 7.10. The molecule has 3 aromatic rings. The number of nitrogens with zero attached hydrogens (tertiary/aromatic N) is 2. The van der Waals surface area contributed by atoms with E-state index in [1.165, 1.54) is 19.5 Å².